The molecule has 1 heterocycles. The zero-order chi connectivity index (χ0) is 20.1. The molecule has 6 heteroatoms. The number of carbonyl (C=O) groups excluding carboxylic acids is 1. The van der Waals surface area contributed by atoms with Gasteiger partial charge in [0, 0.05) is 11.8 Å². The number of aliphatic hydroxyl groups is 1. The van der Waals surface area contributed by atoms with Crippen LogP contribution in [-0.2, 0) is 11.3 Å². The van der Waals surface area contributed by atoms with Gasteiger partial charge in [0.25, 0.3) is 5.91 Å². The van der Waals surface area contributed by atoms with E-state index in [1.54, 1.807) is 58.2 Å². The van der Waals surface area contributed by atoms with Crippen molar-refractivity contribution in [2.24, 2.45) is 0 Å². The van der Waals surface area contributed by atoms with Crippen molar-refractivity contribution in [2.75, 3.05) is 10.8 Å². The number of pyridine rings is 1. The molecule has 0 radical (unpaired) electrons. The van der Waals surface area contributed by atoms with Crippen LogP contribution in [0, 0.1) is 0 Å². The molecule has 0 spiro atoms. The van der Waals surface area contributed by atoms with E-state index < -0.39 is 11.2 Å². The third kappa shape index (κ3) is 5.77. The van der Waals surface area contributed by atoms with Gasteiger partial charge in [-0.2, -0.15) is 0 Å². The average Bonchev–Trinajstić information content (AvgIpc) is 2.60. The number of hydrogen-bond donors (Lipinski definition) is 3. The van der Waals surface area contributed by atoms with Crippen molar-refractivity contribution >= 4 is 17.4 Å². The van der Waals surface area contributed by atoms with Crippen LogP contribution in [0.3, 0.4) is 0 Å². The summed E-state index contributed by atoms with van der Waals surface area (Å²) >= 11 is 0. The molecular formula is C21H29N3O3. The first-order chi connectivity index (χ1) is 12.6. The largest absolute Gasteiger partial charge is 0.387 e. The Bertz CT molecular complexity index is 765. The highest BCUT2D eigenvalue weighted by atomic mass is 16.7. The summed E-state index contributed by atoms with van der Waals surface area (Å²) in [5, 5.41) is 12.9. The molecule has 1 aromatic heterocycles. The van der Waals surface area contributed by atoms with Gasteiger partial charge in [-0.3, -0.25) is 15.1 Å². The Morgan fingerprint density at radius 3 is 2.41 bits per heavy atom. The Morgan fingerprint density at radius 2 is 1.81 bits per heavy atom. The summed E-state index contributed by atoms with van der Waals surface area (Å²) in [4.78, 5) is 22.2. The van der Waals surface area contributed by atoms with E-state index in [4.69, 9.17) is 4.84 Å². The maximum absolute atomic E-state index is 12.4. The molecule has 6 nitrogen and oxygen atoms in total. The van der Waals surface area contributed by atoms with Gasteiger partial charge in [0.2, 0.25) is 0 Å². The topological polar surface area (TPSA) is 83.5 Å². The molecule has 0 aliphatic rings. The van der Waals surface area contributed by atoms with Crippen molar-refractivity contribution in [2.45, 2.75) is 58.7 Å². The van der Waals surface area contributed by atoms with Gasteiger partial charge in [-0.25, -0.2) is 4.98 Å². The summed E-state index contributed by atoms with van der Waals surface area (Å²) in [7, 11) is 0. The van der Waals surface area contributed by atoms with E-state index in [2.05, 4.69) is 22.7 Å². The highest BCUT2D eigenvalue weighted by Gasteiger charge is 2.37. The zero-order valence-electron chi connectivity index (χ0n) is 16.7. The summed E-state index contributed by atoms with van der Waals surface area (Å²) in [5.41, 5.74) is 3.37. The summed E-state index contributed by atoms with van der Waals surface area (Å²) in [6.07, 6.45) is 3.69. The number of benzene rings is 1. The molecule has 0 aliphatic heterocycles. The number of anilines is 2. The Kier molecular flexibility index (Phi) is 6.57. The van der Waals surface area contributed by atoms with Crippen LogP contribution in [0.5, 0.6) is 0 Å². The van der Waals surface area contributed by atoms with Crippen LogP contribution in [-0.4, -0.2) is 27.2 Å². The molecule has 0 unspecified atom stereocenters. The van der Waals surface area contributed by atoms with E-state index in [0.717, 1.165) is 18.4 Å². The fourth-order valence-electron chi connectivity index (χ4n) is 2.18. The predicted molar refractivity (Wildman–Crippen MR) is 108 cm³/mol. The summed E-state index contributed by atoms with van der Waals surface area (Å²) in [5.74, 6) is 0.323. The summed E-state index contributed by atoms with van der Waals surface area (Å²) in [6.45, 7) is 9.07. The number of hydrogen-bond acceptors (Lipinski definition) is 5. The van der Waals surface area contributed by atoms with Crippen molar-refractivity contribution < 1.29 is 14.7 Å². The lowest BCUT2D eigenvalue weighted by atomic mass is 9.90. The molecule has 0 saturated carbocycles. The lowest BCUT2D eigenvalue weighted by Gasteiger charge is -2.36. The maximum atomic E-state index is 12.4. The van der Waals surface area contributed by atoms with E-state index in [9.17, 15) is 9.90 Å². The van der Waals surface area contributed by atoms with E-state index in [1.165, 1.54) is 0 Å². The predicted octanol–water partition coefficient (Wildman–Crippen LogP) is 4.18. The monoisotopic (exact) mass is 371 g/mol. The molecule has 2 rings (SSSR count). The van der Waals surface area contributed by atoms with Crippen LogP contribution in [0.4, 0.5) is 11.5 Å². The molecule has 0 saturated heterocycles. The Hall–Kier alpha value is -2.44. The molecule has 3 N–H and O–H groups in total. The maximum Gasteiger partial charge on any atom is 0.256 e. The molecule has 1 aromatic carbocycles. The Morgan fingerprint density at radius 1 is 1.15 bits per heavy atom. The van der Waals surface area contributed by atoms with Gasteiger partial charge in [-0.15, -0.1) is 0 Å². The highest BCUT2D eigenvalue weighted by molar-refractivity contribution is 6.03. The zero-order valence-corrected chi connectivity index (χ0v) is 16.7. The van der Waals surface area contributed by atoms with E-state index in [1.807, 2.05) is 12.1 Å². The van der Waals surface area contributed by atoms with Crippen LogP contribution in [0.25, 0.3) is 0 Å². The molecule has 0 fully saturated rings. The smallest absolute Gasteiger partial charge is 0.256 e. The summed E-state index contributed by atoms with van der Waals surface area (Å²) in [6, 6.07) is 10.7. The normalized spacial score (nSPS) is 11.9. The van der Waals surface area contributed by atoms with Gasteiger partial charge in [-0.05, 0) is 76.1 Å². The minimum atomic E-state index is -1.01. The van der Waals surface area contributed by atoms with E-state index in [-0.39, 0.29) is 5.91 Å². The lowest BCUT2D eigenvalue weighted by molar-refractivity contribution is -0.130. The van der Waals surface area contributed by atoms with Crippen LogP contribution >= 0.6 is 0 Å². The second-order valence-corrected chi connectivity index (χ2v) is 7.60. The molecule has 0 bridgehead atoms. The van der Waals surface area contributed by atoms with E-state index in [0.29, 0.717) is 17.1 Å². The minimum Gasteiger partial charge on any atom is -0.387 e. The van der Waals surface area contributed by atoms with E-state index >= 15 is 0 Å². The van der Waals surface area contributed by atoms with Crippen molar-refractivity contribution in [3.63, 3.8) is 0 Å². The first-order valence-corrected chi connectivity index (χ1v) is 9.15. The highest BCUT2D eigenvalue weighted by Crippen LogP contribution is 2.25. The number of amides is 1. The number of nitrogens with zero attached hydrogens (tertiary/aromatic N) is 1. The average molecular weight is 371 g/mol. The molecule has 2 aromatic rings. The molecule has 146 valence electrons. The fourth-order valence-corrected chi connectivity index (χ4v) is 2.18. The van der Waals surface area contributed by atoms with Gasteiger partial charge < -0.3 is 10.4 Å². The summed E-state index contributed by atoms with van der Waals surface area (Å²) < 4.78 is 0. The van der Waals surface area contributed by atoms with Crippen molar-refractivity contribution in [3.05, 3.63) is 53.7 Å². The van der Waals surface area contributed by atoms with Gasteiger partial charge in [0.1, 0.15) is 11.4 Å². The molecule has 0 atom stereocenters. The first-order valence-electron chi connectivity index (χ1n) is 9.15. The molecule has 1 amide bonds. The Labute approximate surface area is 160 Å². The van der Waals surface area contributed by atoms with Crippen LogP contribution in [0.15, 0.2) is 42.6 Å². The molecular weight excluding hydrogens is 342 g/mol. The molecule has 27 heavy (non-hydrogen) atoms. The lowest BCUT2D eigenvalue weighted by Crippen LogP contribution is -2.48. The van der Waals surface area contributed by atoms with Crippen molar-refractivity contribution in [1.29, 1.82) is 0 Å². The molecule has 0 aliphatic carbocycles. The van der Waals surface area contributed by atoms with Crippen LogP contribution in [0.1, 0.15) is 57.0 Å². The van der Waals surface area contributed by atoms with Crippen molar-refractivity contribution in [3.8, 4) is 0 Å². The van der Waals surface area contributed by atoms with Crippen LogP contribution in [0.2, 0.25) is 0 Å². The number of rotatable bonds is 8. The quantitative estimate of drug-likeness (QED) is 0.606. The first kappa shape index (κ1) is 20.9. The van der Waals surface area contributed by atoms with Crippen molar-refractivity contribution in [1.82, 2.24) is 4.98 Å². The number of aromatic nitrogens is 1. The number of nitrogens with one attached hydrogen (secondary N) is 2. The van der Waals surface area contributed by atoms with Gasteiger partial charge in [-0.1, -0.05) is 13.3 Å². The SMILES string of the molecule is CCCc1ccnc(NC(=O)c2ccc(NOC(C)(C)C(C)(C)O)cc2)c1. The van der Waals surface area contributed by atoms with Gasteiger partial charge >= 0.3 is 0 Å². The van der Waals surface area contributed by atoms with Gasteiger partial charge in [0.05, 0.1) is 11.3 Å². The third-order valence-electron chi connectivity index (χ3n) is 4.65. The standard InChI is InChI=1S/C21H29N3O3/c1-6-7-15-12-13-22-18(14-15)23-19(25)16-8-10-17(11-9-16)24-27-21(4,5)20(2,3)26/h8-14,24,26H,6-7H2,1-5H3,(H,22,23,25). The number of aryl methyl sites for hydroxylation is 1. The fraction of sp³-hybridized carbons (Fsp3) is 0.429. The second kappa shape index (κ2) is 8.50. The second-order valence-electron chi connectivity index (χ2n) is 7.60. The minimum absolute atomic E-state index is 0.222. The van der Waals surface area contributed by atoms with Crippen LogP contribution < -0.4 is 10.8 Å². The van der Waals surface area contributed by atoms with Gasteiger partial charge in [0.15, 0.2) is 0 Å². The Balaban J connectivity index is 1.98. The number of carbonyl (C=O) groups is 1. The third-order valence-corrected chi connectivity index (χ3v) is 4.65.